The maximum atomic E-state index is 9.75. The highest BCUT2D eigenvalue weighted by Gasteiger charge is 2.14. The first kappa shape index (κ1) is 9.75. The second-order valence-corrected chi connectivity index (χ2v) is 4.86. The minimum atomic E-state index is -0.289. The molecule has 1 heterocycles. The summed E-state index contributed by atoms with van der Waals surface area (Å²) in [6.07, 6.45) is -0.289. The molecule has 1 rings (SSSR count). The van der Waals surface area contributed by atoms with Crippen LogP contribution in [0, 0.1) is 19.8 Å². The number of aliphatic hydroxyl groups excluding tert-OH is 1. The zero-order valence-corrected chi connectivity index (χ0v) is 8.90. The minimum absolute atomic E-state index is 0.289. The van der Waals surface area contributed by atoms with Crippen molar-refractivity contribution in [2.75, 3.05) is 0 Å². The van der Waals surface area contributed by atoms with Gasteiger partial charge in [0, 0.05) is 9.75 Å². The molecule has 1 unspecified atom stereocenters. The Balaban J connectivity index is 2.89. The molecule has 0 spiro atoms. The van der Waals surface area contributed by atoms with Crippen LogP contribution in [0.3, 0.4) is 0 Å². The Labute approximate surface area is 78.1 Å². The van der Waals surface area contributed by atoms with Crippen molar-refractivity contribution in [3.63, 3.8) is 0 Å². The van der Waals surface area contributed by atoms with Gasteiger partial charge in [-0.25, -0.2) is 0 Å². The topological polar surface area (TPSA) is 20.2 Å². The SMILES string of the molecule is Cc1cc(C(O)C(C)C)sc1C. The normalized spacial score (nSPS) is 13.8. The van der Waals surface area contributed by atoms with Gasteiger partial charge in [-0.2, -0.15) is 0 Å². The molecule has 0 aromatic carbocycles. The van der Waals surface area contributed by atoms with Gasteiger partial charge in [0.2, 0.25) is 0 Å². The van der Waals surface area contributed by atoms with E-state index in [9.17, 15) is 5.11 Å². The second kappa shape index (κ2) is 3.58. The third-order valence-electron chi connectivity index (χ3n) is 2.11. The van der Waals surface area contributed by atoms with Crippen molar-refractivity contribution < 1.29 is 5.11 Å². The van der Waals surface area contributed by atoms with E-state index in [1.54, 1.807) is 11.3 Å². The Bertz CT molecular complexity index is 243. The van der Waals surface area contributed by atoms with E-state index in [0.717, 1.165) is 4.88 Å². The van der Waals surface area contributed by atoms with Crippen molar-refractivity contribution in [2.24, 2.45) is 5.92 Å². The lowest BCUT2D eigenvalue weighted by Gasteiger charge is -2.11. The highest BCUT2D eigenvalue weighted by atomic mass is 32.1. The second-order valence-electron chi connectivity index (χ2n) is 3.58. The molecule has 0 amide bonds. The van der Waals surface area contributed by atoms with Gasteiger partial charge in [-0.3, -0.25) is 0 Å². The Morgan fingerprint density at radius 1 is 1.33 bits per heavy atom. The van der Waals surface area contributed by atoms with Crippen LogP contribution in [0.15, 0.2) is 6.07 Å². The smallest absolute Gasteiger partial charge is 0.0904 e. The van der Waals surface area contributed by atoms with Crippen LogP contribution < -0.4 is 0 Å². The average Bonchev–Trinajstić information content (AvgIpc) is 2.30. The van der Waals surface area contributed by atoms with Gasteiger partial charge in [-0.15, -0.1) is 11.3 Å². The summed E-state index contributed by atoms with van der Waals surface area (Å²) in [4.78, 5) is 2.41. The Morgan fingerprint density at radius 3 is 2.25 bits per heavy atom. The maximum absolute atomic E-state index is 9.75. The standard InChI is InChI=1S/C10H16OS/c1-6(2)10(11)9-5-7(3)8(4)12-9/h5-6,10-11H,1-4H3. The van der Waals surface area contributed by atoms with Crippen LogP contribution in [0.25, 0.3) is 0 Å². The molecule has 0 bridgehead atoms. The molecule has 2 heteroatoms. The van der Waals surface area contributed by atoms with Crippen LogP contribution in [-0.2, 0) is 0 Å². The van der Waals surface area contributed by atoms with Gasteiger partial charge >= 0.3 is 0 Å². The van der Waals surface area contributed by atoms with E-state index in [-0.39, 0.29) is 6.10 Å². The number of rotatable bonds is 2. The van der Waals surface area contributed by atoms with Crippen LogP contribution in [0.1, 0.15) is 35.3 Å². The van der Waals surface area contributed by atoms with Gasteiger partial charge in [0.25, 0.3) is 0 Å². The average molecular weight is 184 g/mol. The van der Waals surface area contributed by atoms with Gasteiger partial charge in [-0.05, 0) is 31.4 Å². The van der Waals surface area contributed by atoms with E-state index in [1.165, 1.54) is 10.4 Å². The van der Waals surface area contributed by atoms with Crippen LogP contribution in [-0.4, -0.2) is 5.11 Å². The molecule has 1 atom stereocenters. The van der Waals surface area contributed by atoms with Crippen LogP contribution >= 0.6 is 11.3 Å². The van der Waals surface area contributed by atoms with Gasteiger partial charge in [0.05, 0.1) is 6.10 Å². The molecule has 1 nitrogen and oxygen atoms in total. The lowest BCUT2D eigenvalue weighted by Crippen LogP contribution is -2.02. The molecular weight excluding hydrogens is 168 g/mol. The zero-order chi connectivity index (χ0) is 9.30. The first-order valence-corrected chi connectivity index (χ1v) is 5.09. The highest BCUT2D eigenvalue weighted by Crippen LogP contribution is 2.30. The molecule has 12 heavy (non-hydrogen) atoms. The Morgan fingerprint density at radius 2 is 1.92 bits per heavy atom. The van der Waals surface area contributed by atoms with E-state index in [4.69, 9.17) is 0 Å². The van der Waals surface area contributed by atoms with Crippen molar-refractivity contribution in [1.82, 2.24) is 0 Å². The van der Waals surface area contributed by atoms with Crippen molar-refractivity contribution in [1.29, 1.82) is 0 Å². The zero-order valence-electron chi connectivity index (χ0n) is 8.09. The summed E-state index contributed by atoms with van der Waals surface area (Å²) in [5, 5.41) is 9.75. The number of hydrogen-bond donors (Lipinski definition) is 1. The highest BCUT2D eigenvalue weighted by molar-refractivity contribution is 7.12. The molecule has 68 valence electrons. The number of aliphatic hydroxyl groups is 1. The molecule has 0 aliphatic heterocycles. The maximum Gasteiger partial charge on any atom is 0.0904 e. The van der Waals surface area contributed by atoms with E-state index in [1.807, 2.05) is 13.8 Å². The molecule has 1 aromatic rings. The van der Waals surface area contributed by atoms with E-state index in [2.05, 4.69) is 19.9 Å². The predicted molar refractivity (Wildman–Crippen MR) is 53.6 cm³/mol. The molecule has 0 aliphatic rings. The summed E-state index contributed by atoms with van der Waals surface area (Å²) >= 11 is 1.70. The summed E-state index contributed by atoms with van der Waals surface area (Å²) in [5.74, 6) is 0.308. The lowest BCUT2D eigenvalue weighted by molar-refractivity contribution is 0.130. The van der Waals surface area contributed by atoms with Crippen LogP contribution in [0.5, 0.6) is 0 Å². The third kappa shape index (κ3) is 1.87. The Kier molecular flexibility index (Phi) is 2.91. The van der Waals surface area contributed by atoms with Crippen molar-refractivity contribution in [3.8, 4) is 0 Å². The Hall–Kier alpha value is -0.340. The van der Waals surface area contributed by atoms with Gasteiger partial charge < -0.3 is 5.11 Å². The molecule has 1 N–H and O–H groups in total. The number of hydrogen-bond acceptors (Lipinski definition) is 2. The van der Waals surface area contributed by atoms with E-state index < -0.39 is 0 Å². The molecule has 0 fully saturated rings. The molecule has 0 radical (unpaired) electrons. The van der Waals surface area contributed by atoms with E-state index in [0.29, 0.717) is 5.92 Å². The molecule has 0 saturated carbocycles. The van der Waals surface area contributed by atoms with Gasteiger partial charge in [0.15, 0.2) is 0 Å². The fourth-order valence-corrected chi connectivity index (χ4v) is 2.28. The summed E-state index contributed by atoms with van der Waals surface area (Å²) in [7, 11) is 0. The number of thiophene rings is 1. The van der Waals surface area contributed by atoms with Crippen LogP contribution in [0.4, 0.5) is 0 Å². The largest absolute Gasteiger partial charge is 0.387 e. The van der Waals surface area contributed by atoms with E-state index >= 15 is 0 Å². The monoisotopic (exact) mass is 184 g/mol. The number of aryl methyl sites for hydroxylation is 2. The molecule has 1 aromatic heterocycles. The fourth-order valence-electron chi connectivity index (χ4n) is 1.08. The summed E-state index contributed by atoms with van der Waals surface area (Å²) in [6.45, 7) is 8.25. The third-order valence-corrected chi connectivity index (χ3v) is 3.33. The first-order valence-electron chi connectivity index (χ1n) is 4.27. The molecular formula is C10H16OS. The predicted octanol–water partition coefficient (Wildman–Crippen LogP) is 3.05. The van der Waals surface area contributed by atoms with Gasteiger partial charge in [-0.1, -0.05) is 13.8 Å². The van der Waals surface area contributed by atoms with Gasteiger partial charge in [0.1, 0.15) is 0 Å². The first-order chi connectivity index (χ1) is 5.52. The fraction of sp³-hybridized carbons (Fsp3) is 0.600. The molecule has 0 saturated heterocycles. The summed E-state index contributed by atoms with van der Waals surface area (Å²) < 4.78 is 0. The summed E-state index contributed by atoms with van der Waals surface area (Å²) in [5.41, 5.74) is 1.29. The van der Waals surface area contributed by atoms with Crippen molar-refractivity contribution >= 4 is 11.3 Å². The van der Waals surface area contributed by atoms with Crippen molar-refractivity contribution in [3.05, 3.63) is 21.4 Å². The van der Waals surface area contributed by atoms with Crippen LogP contribution in [0.2, 0.25) is 0 Å². The lowest BCUT2D eigenvalue weighted by atomic mass is 10.1. The molecule has 0 aliphatic carbocycles. The minimum Gasteiger partial charge on any atom is -0.387 e. The van der Waals surface area contributed by atoms with Crippen molar-refractivity contribution in [2.45, 2.75) is 33.8 Å². The summed E-state index contributed by atoms with van der Waals surface area (Å²) in [6, 6.07) is 2.09. The quantitative estimate of drug-likeness (QED) is 0.749.